The van der Waals surface area contributed by atoms with Crippen LogP contribution in [0, 0.1) is 17.5 Å². The zero-order chi connectivity index (χ0) is 28.0. The Labute approximate surface area is 224 Å². The highest BCUT2D eigenvalue weighted by Crippen LogP contribution is 2.33. The summed E-state index contributed by atoms with van der Waals surface area (Å²) in [7, 11) is 0. The molecule has 0 aromatic heterocycles. The summed E-state index contributed by atoms with van der Waals surface area (Å²) in [4.78, 5) is 0. The number of fused-ring (bicyclic) bond motifs is 1. The van der Waals surface area contributed by atoms with Crippen molar-refractivity contribution in [3.63, 3.8) is 0 Å². The predicted octanol–water partition coefficient (Wildman–Crippen LogP) is 10.1. The van der Waals surface area contributed by atoms with Crippen molar-refractivity contribution in [1.82, 2.24) is 0 Å². The van der Waals surface area contributed by atoms with E-state index in [-0.39, 0.29) is 12.8 Å². The van der Waals surface area contributed by atoms with Gasteiger partial charge in [-0.3, -0.25) is 0 Å². The summed E-state index contributed by atoms with van der Waals surface area (Å²) in [6.07, 6.45) is 1.13. The zero-order valence-corrected chi connectivity index (χ0v) is 21.7. The average Bonchev–Trinajstić information content (AvgIpc) is 2.89. The third-order valence-electron chi connectivity index (χ3n) is 6.82. The van der Waals surface area contributed by atoms with E-state index in [1.807, 2.05) is 0 Å². The second-order valence-corrected chi connectivity index (χ2v) is 9.69. The summed E-state index contributed by atoms with van der Waals surface area (Å²) in [6, 6.07) is 15.7. The molecule has 4 aromatic carbocycles. The second-order valence-electron chi connectivity index (χ2n) is 9.69. The van der Waals surface area contributed by atoms with Gasteiger partial charge in [0.25, 0.3) is 0 Å². The summed E-state index contributed by atoms with van der Waals surface area (Å²) in [5, 5.41) is 0.930. The van der Waals surface area contributed by atoms with Gasteiger partial charge in [-0.15, -0.1) is 0 Å². The van der Waals surface area contributed by atoms with Crippen LogP contribution in [-0.4, -0.2) is 6.61 Å². The molecule has 0 bridgehead atoms. The van der Waals surface area contributed by atoms with Crippen molar-refractivity contribution in [3.8, 4) is 16.9 Å². The fourth-order valence-electron chi connectivity index (χ4n) is 4.64. The number of alkyl halides is 3. The van der Waals surface area contributed by atoms with Gasteiger partial charge in [0.15, 0.2) is 0 Å². The summed E-state index contributed by atoms with van der Waals surface area (Å²) >= 11 is 0. The summed E-state index contributed by atoms with van der Waals surface area (Å²) in [5.74, 6) is -1.77. The maximum Gasteiger partial charge on any atom is 0.419 e. The van der Waals surface area contributed by atoms with Gasteiger partial charge in [0.05, 0.1) is 12.2 Å². The molecular weight excluding hydrogens is 514 g/mol. The smallest absolute Gasteiger partial charge is 0.419 e. The fraction of sp³-hybridized carbons (Fsp3) is 0.312. The first-order valence-electron chi connectivity index (χ1n) is 13.2. The number of benzene rings is 4. The molecule has 0 atom stereocenters. The number of hydrogen-bond acceptors (Lipinski definition) is 1. The third kappa shape index (κ3) is 7.14. The van der Waals surface area contributed by atoms with E-state index in [0.717, 1.165) is 25.3 Å². The maximum atomic E-state index is 15.2. The van der Waals surface area contributed by atoms with Crippen molar-refractivity contribution in [2.24, 2.45) is 0 Å². The molecule has 7 heteroatoms. The van der Waals surface area contributed by atoms with Gasteiger partial charge in [0, 0.05) is 17.0 Å². The predicted molar refractivity (Wildman–Crippen MR) is 142 cm³/mol. The summed E-state index contributed by atoms with van der Waals surface area (Å²) in [5.41, 5.74) is 0.350. The van der Waals surface area contributed by atoms with Crippen LogP contribution in [0.2, 0.25) is 0 Å². The molecular formula is C32H30F6O. The number of hydrogen-bond donors (Lipinski definition) is 0. The standard InChI is InChI=1S/C32H30F6O/c1-2-3-4-5-6-17-39-25-13-15-26(29(33)20-25)23-12-14-27-24(19-23)11-10-22(31(27)35)9-7-21-8-16-28(30(34)18-21)32(36,37)38/h8,10-16,18-20H,2-7,9,17H2,1H3. The monoisotopic (exact) mass is 544 g/mol. The van der Waals surface area contributed by atoms with Gasteiger partial charge in [0.1, 0.15) is 23.2 Å². The fourth-order valence-corrected chi connectivity index (χ4v) is 4.64. The Bertz CT molecular complexity index is 1430. The van der Waals surface area contributed by atoms with Crippen LogP contribution < -0.4 is 4.74 Å². The number of unbranched alkanes of at least 4 members (excludes halogenated alkanes) is 4. The lowest BCUT2D eigenvalue weighted by molar-refractivity contribution is -0.140. The van der Waals surface area contributed by atoms with E-state index in [1.165, 1.54) is 25.0 Å². The van der Waals surface area contributed by atoms with E-state index in [2.05, 4.69) is 6.92 Å². The van der Waals surface area contributed by atoms with Gasteiger partial charge >= 0.3 is 6.18 Å². The molecule has 0 spiro atoms. The molecule has 4 rings (SSSR count). The van der Waals surface area contributed by atoms with Crippen LogP contribution in [0.4, 0.5) is 26.3 Å². The van der Waals surface area contributed by atoms with Crippen molar-refractivity contribution in [3.05, 3.63) is 101 Å². The van der Waals surface area contributed by atoms with Crippen molar-refractivity contribution >= 4 is 10.8 Å². The number of ether oxygens (including phenoxy) is 1. The van der Waals surface area contributed by atoms with Crippen LogP contribution in [0.15, 0.2) is 66.7 Å². The largest absolute Gasteiger partial charge is 0.493 e. The molecule has 206 valence electrons. The SMILES string of the molecule is CCCCCCCOc1ccc(-c2ccc3c(F)c(CCc4ccc(C(F)(F)F)c(F)c4)ccc3c2)c(F)c1. The van der Waals surface area contributed by atoms with Gasteiger partial charge in [-0.2, -0.15) is 13.2 Å². The van der Waals surface area contributed by atoms with Crippen LogP contribution in [0.1, 0.15) is 55.7 Å². The van der Waals surface area contributed by atoms with Crippen LogP contribution in [-0.2, 0) is 19.0 Å². The maximum absolute atomic E-state index is 15.2. The first-order valence-corrected chi connectivity index (χ1v) is 13.2. The summed E-state index contributed by atoms with van der Waals surface area (Å²) < 4.78 is 88.0. The number of aryl methyl sites for hydroxylation is 2. The van der Waals surface area contributed by atoms with E-state index in [1.54, 1.807) is 42.5 Å². The molecule has 0 radical (unpaired) electrons. The molecule has 0 saturated carbocycles. The molecule has 0 aliphatic carbocycles. The first kappa shape index (κ1) is 28.5. The minimum Gasteiger partial charge on any atom is -0.493 e. The Kier molecular flexibility index (Phi) is 9.20. The highest BCUT2D eigenvalue weighted by molar-refractivity contribution is 5.88. The van der Waals surface area contributed by atoms with Crippen LogP contribution >= 0.6 is 0 Å². The lowest BCUT2D eigenvalue weighted by Gasteiger charge is -2.12. The Morgan fingerprint density at radius 1 is 0.718 bits per heavy atom. The van der Waals surface area contributed by atoms with E-state index in [0.29, 0.717) is 51.4 Å². The Hall–Kier alpha value is -3.48. The zero-order valence-electron chi connectivity index (χ0n) is 21.7. The van der Waals surface area contributed by atoms with Crippen molar-refractivity contribution in [2.75, 3.05) is 6.61 Å². The normalized spacial score (nSPS) is 11.8. The molecule has 0 heterocycles. The second kappa shape index (κ2) is 12.6. The first-order chi connectivity index (χ1) is 18.7. The highest BCUT2D eigenvalue weighted by atomic mass is 19.4. The van der Waals surface area contributed by atoms with Gasteiger partial charge in [-0.05, 0) is 71.7 Å². The van der Waals surface area contributed by atoms with E-state index in [9.17, 15) is 22.0 Å². The van der Waals surface area contributed by atoms with Crippen molar-refractivity contribution in [2.45, 2.75) is 58.0 Å². The van der Waals surface area contributed by atoms with Crippen LogP contribution in [0.3, 0.4) is 0 Å². The molecule has 0 aliphatic heterocycles. The van der Waals surface area contributed by atoms with Gasteiger partial charge in [-0.1, -0.05) is 62.9 Å². The van der Waals surface area contributed by atoms with Gasteiger partial charge < -0.3 is 4.74 Å². The molecule has 0 aliphatic rings. The molecule has 0 saturated heterocycles. The molecule has 0 N–H and O–H groups in total. The van der Waals surface area contributed by atoms with Crippen molar-refractivity contribution < 1.29 is 31.1 Å². The molecule has 39 heavy (non-hydrogen) atoms. The lowest BCUT2D eigenvalue weighted by Crippen LogP contribution is -2.08. The Morgan fingerprint density at radius 3 is 2.23 bits per heavy atom. The molecule has 0 fully saturated rings. The number of halogens is 6. The van der Waals surface area contributed by atoms with Gasteiger partial charge in [0.2, 0.25) is 0 Å². The van der Waals surface area contributed by atoms with Crippen molar-refractivity contribution in [1.29, 1.82) is 0 Å². The quantitative estimate of drug-likeness (QED) is 0.135. The highest BCUT2D eigenvalue weighted by Gasteiger charge is 2.33. The molecule has 0 amide bonds. The molecule has 4 aromatic rings. The molecule has 0 unspecified atom stereocenters. The minimum absolute atomic E-state index is 0.175. The Morgan fingerprint density at radius 2 is 1.51 bits per heavy atom. The third-order valence-corrected chi connectivity index (χ3v) is 6.82. The van der Waals surface area contributed by atoms with E-state index < -0.39 is 29.2 Å². The average molecular weight is 545 g/mol. The summed E-state index contributed by atoms with van der Waals surface area (Å²) in [6.45, 7) is 2.69. The Balaban J connectivity index is 1.44. The van der Waals surface area contributed by atoms with E-state index >= 15 is 4.39 Å². The van der Waals surface area contributed by atoms with Crippen LogP contribution in [0.25, 0.3) is 21.9 Å². The minimum atomic E-state index is -4.77. The van der Waals surface area contributed by atoms with E-state index in [4.69, 9.17) is 4.74 Å². The topological polar surface area (TPSA) is 9.23 Å². The van der Waals surface area contributed by atoms with Crippen LogP contribution in [0.5, 0.6) is 5.75 Å². The number of rotatable bonds is 11. The lowest BCUT2D eigenvalue weighted by atomic mass is 9.96. The molecule has 1 nitrogen and oxygen atoms in total. The van der Waals surface area contributed by atoms with Gasteiger partial charge in [-0.25, -0.2) is 13.2 Å².